The first-order chi connectivity index (χ1) is 10.4. The quantitative estimate of drug-likeness (QED) is 0.641. The van der Waals surface area contributed by atoms with Gasteiger partial charge >= 0.3 is 6.03 Å². The van der Waals surface area contributed by atoms with E-state index in [-0.39, 0.29) is 42.8 Å². The molecule has 0 aliphatic carbocycles. The van der Waals surface area contributed by atoms with Crippen molar-refractivity contribution in [3.8, 4) is 0 Å². The third kappa shape index (κ3) is 3.95. The van der Waals surface area contributed by atoms with Crippen LogP contribution in [0.5, 0.6) is 0 Å². The molecule has 0 aromatic rings. The molecule has 0 bridgehead atoms. The van der Waals surface area contributed by atoms with Crippen LogP contribution in [0, 0.1) is 0 Å². The van der Waals surface area contributed by atoms with E-state index in [0.29, 0.717) is 12.8 Å². The highest BCUT2D eigenvalue weighted by molar-refractivity contribution is 6.09. The Labute approximate surface area is 143 Å². The van der Waals surface area contributed by atoms with Crippen LogP contribution in [-0.4, -0.2) is 53.5 Å². The molecule has 2 rings (SSSR count). The summed E-state index contributed by atoms with van der Waals surface area (Å²) in [5.41, 5.74) is -0.850. The topological polar surface area (TPSA) is 90.5 Å². The second-order valence-corrected chi connectivity index (χ2v) is 6.17. The van der Waals surface area contributed by atoms with Crippen molar-refractivity contribution in [1.82, 2.24) is 20.9 Å². The van der Waals surface area contributed by atoms with Gasteiger partial charge in [0.2, 0.25) is 5.91 Å². The lowest BCUT2D eigenvalue weighted by Crippen LogP contribution is -2.54. The summed E-state index contributed by atoms with van der Waals surface area (Å²) in [5, 5.41) is 8.96. The van der Waals surface area contributed by atoms with E-state index in [1.807, 2.05) is 20.8 Å². The average molecular weight is 347 g/mol. The minimum absolute atomic E-state index is 0. The summed E-state index contributed by atoms with van der Waals surface area (Å²) < 4.78 is 0. The minimum Gasteiger partial charge on any atom is -0.350 e. The zero-order valence-electron chi connectivity index (χ0n) is 14.0. The van der Waals surface area contributed by atoms with E-state index in [1.165, 1.54) is 0 Å². The maximum absolute atomic E-state index is 12.4. The van der Waals surface area contributed by atoms with E-state index in [0.717, 1.165) is 24.3 Å². The smallest absolute Gasteiger partial charge is 0.325 e. The number of imide groups is 1. The zero-order valence-corrected chi connectivity index (χ0v) is 14.8. The number of rotatable bonds is 5. The van der Waals surface area contributed by atoms with Crippen LogP contribution in [0.25, 0.3) is 0 Å². The van der Waals surface area contributed by atoms with Crippen molar-refractivity contribution >= 4 is 30.3 Å². The van der Waals surface area contributed by atoms with Crippen LogP contribution in [0.3, 0.4) is 0 Å². The first-order valence-corrected chi connectivity index (χ1v) is 8.10. The standard InChI is InChI=1S/C15H26N4O3.ClH/c1-4-15(5-2)13(21)19(14(22)18-15)9-12(20)17-11-7-6-8-16-10(11)3;/h10-11,16H,4-9H2,1-3H3,(H,17,20)(H,18,22);1H. The highest BCUT2D eigenvalue weighted by Gasteiger charge is 2.49. The van der Waals surface area contributed by atoms with Crippen molar-refractivity contribution in [3.05, 3.63) is 0 Å². The lowest BCUT2D eigenvalue weighted by Gasteiger charge is -2.31. The van der Waals surface area contributed by atoms with Gasteiger partial charge in [-0.25, -0.2) is 4.79 Å². The maximum atomic E-state index is 12.4. The normalized spacial score (nSPS) is 26.5. The Bertz CT molecular complexity index is 468. The number of amides is 4. The predicted molar refractivity (Wildman–Crippen MR) is 89.4 cm³/mol. The van der Waals surface area contributed by atoms with Gasteiger partial charge in [-0.3, -0.25) is 14.5 Å². The molecule has 0 spiro atoms. The van der Waals surface area contributed by atoms with Gasteiger partial charge < -0.3 is 16.0 Å². The SMILES string of the molecule is CCC1(CC)NC(=O)N(CC(=O)NC2CCCNC2C)C1=O.Cl. The van der Waals surface area contributed by atoms with Crippen LogP contribution in [0.2, 0.25) is 0 Å². The summed E-state index contributed by atoms with van der Waals surface area (Å²) in [6.07, 6.45) is 2.96. The Morgan fingerprint density at radius 3 is 2.52 bits per heavy atom. The van der Waals surface area contributed by atoms with Gasteiger partial charge in [0.15, 0.2) is 0 Å². The highest BCUT2D eigenvalue weighted by atomic mass is 35.5. The fraction of sp³-hybridized carbons (Fsp3) is 0.800. The fourth-order valence-corrected chi connectivity index (χ4v) is 3.19. The van der Waals surface area contributed by atoms with Gasteiger partial charge in [-0.2, -0.15) is 0 Å². The lowest BCUT2D eigenvalue weighted by molar-refractivity contribution is -0.135. The van der Waals surface area contributed by atoms with Crippen molar-refractivity contribution in [2.75, 3.05) is 13.1 Å². The van der Waals surface area contributed by atoms with Crippen LogP contribution in [-0.2, 0) is 9.59 Å². The predicted octanol–water partition coefficient (Wildman–Crippen LogP) is 0.776. The van der Waals surface area contributed by atoms with Crippen LogP contribution in [0.4, 0.5) is 4.79 Å². The number of hydrogen-bond acceptors (Lipinski definition) is 4. The molecule has 0 aromatic heterocycles. The van der Waals surface area contributed by atoms with Crippen LogP contribution < -0.4 is 16.0 Å². The molecule has 0 radical (unpaired) electrons. The molecule has 2 saturated heterocycles. The molecule has 2 unspecified atom stereocenters. The van der Waals surface area contributed by atoms with E-state index in [4.69, 9.17) is 0 Å². The molecule has 3 N–H and O–H groups in total. The maximum Gasteiger partial charge on any atom is 0.325 e. The first kappa shape index (κ1) is 19.7. The number of hydrogen-bond donors (Lipinski definition) is 3. The van der Waals surface area contributed by atoms with E-state index in [2.05, 4.69) is 16.0 Å². The zero-order chi connectivity index (χ0) is 16.3. The largest absolute Gasteiger partial charge is 0.350 e. The van der Waals surface area contributed by atoms with Crippen molar-refractivity contribution in [2.45, 2.75) is 64.1 Å². The summed E-state index contributed by atoms with van der Waals surface area (Å²) in [6, 6.07) is -0.228. The molecule has 4 amide bonds. The Morgan fingerprint density at radius 2 is 2.00 bits per heavy atom. The van der Waals surface area contributed by atoms with Gasteiger partial charge in [0.05, 0.1) is 0 Å². The third-order valence-electron chi connectivity index (χ3n) is 4.86. The van der Waals surface area contributed by atoms with E-state index in [9.17, 15) is 14.4 Å². The Morgan fingerprint density at radius 1 is 1.35 bits per heavy atom. The fourth-order valence-electron chi connectivity index (χ4n) is 3.19. The highest BCUT2D eigenvalue weighted by Crippen LogP contribution is 2.24. The van der Waals surface area contributed by atoms with Gasteiger partial charge in [-0.1, -0.05) is 13.8 Å². The van der Waals surface area contributed by atoms with Crippen molar-refractivity contribution < 1.29 is 14.4 Å². The van der Waals surface area contributed by atoms with Gasteiger partial charge in [0.25, 0.3) is 5.91 Å². The second-order valence-electron chi connectivity index (χ2n) is 6.17. The molecule has 2 heterocycles. The molecule has 2 aliphatic rings. The van der Waals surface area contributed by atoms with E-state index >= 15 is 0 Å². The molecule has 2 atom stereocenters. The van der Waals surface area contributed by atoms with Gasteiger partial charge in [-0.15, -0.1) is 12.4 Å². The molecule has 0 aromatic carbocycles. The molecule has 132 valence electrons. The molecule has 7 nitrogen and oxygen atoms in total. The number of halogens is 1. The second kappa shape index (κ2) is 7.97. The molecule has 2 aliphatic heterocycles. The number of piperidine rings is 1. The number of nitrogens with one attached hydrogen (secondary N) is 3. The number of carbonyl (C=O) groups excluding carboxylic acids is 3. The Balaban J connectivity index is 0.00000264. The third-order valence-corrected chi connectivity index (χ3v) is 4.86. The van der Waals surface area contributed by atoms with Crippen LogP contribution in [0.1, 0.15) is 46.5 Å². The monoisotopic (exact) mass is 346 g/mol. The van der Waals surface area contributed by atoms with Crippen molar-refractivity contribution in [2.24, 2.45) is 0 Å². The number of carbonyl (C=O) groups is 3. The van der Waals surface area contributed by atoms with Crippen molar-refractivity contribution in [3.63, 3.8) is 0 Å². The van der Waals surface area contributed by atoms with Crippen molar-refractivity contribution in [1.29, 1.82) is 0 Å². The summed E-state index contributed by atoms with van der Waals surface area (Å²) in [5.74, 6) is -0.584. The molecular weight excluding hydrogens is 320 g/mol. The van der Waals surface area contributed by atoms with Crippen LogP contribution in [0.15, 0.2) is 0 Å². The van der Waals surface area contributed by atoms with Gasteiger partial charge in [-0.05, 0) is 39.2 Å². The lowest BCUT2D eigenvalue weighted by atomic mass is 9.93. The first-order valence-electron chi connectivity index (χ1n) is 8.10. The molecule has 2 fully saturated rings. The summed E-state index contributed by atoms with van der Waals surface area (Å²) in [4.78, 5) is 37.7. The molecule has 0 saturated carbocycles. The summed E-state index contributed by atoms with van der Waals surface area (Å²) in [6.45, 7) is 6.49. The minimum atomic E-state index is -0.850. The molecular formula is C15H27ClN4O3. The van der Waals surface area contributed by atoms with E-state index in [1.54, 1.807) is 0 Å². The molecule has 8 heteroatoms. The van der Waals surface area contributed by atoms with Crippen LogP contribution >= 0.6 is 12.4 Å². The van der Waals surface area contributed by atoms with Gasteiger partial charge in [0, 0.05) is 12.1 Å². The molecule has 23 heavy (non-hydrogen) atoms. The number of urea groups is 1. The van der Waals surface area contributed by atoms with E-state index < -0.39 is 11.6 Å². The number of nitrogens with zero attached hydrogens (tertiary/aromatic N) is 1. The van der Waals surface area contributed by atoms with Gasteiger partial charge in [0.1, 0.15) is 12.1 Å². The average Bonchev–Trinajstić information content (AvgIpc) is 2.74. The Hall–Kier alpha value is -1.34. The Kier molecular flexibility index (Phi) is 6.83. The summed E-state index contributed by atoms with van der Waals surface area (Å²) >= 11 is 0. The summed E-state index contributed by atoms with van der Waals surface area (Å²) in [7, 11) is 0.